The van der Waals surface area contributed by atoms with Crippen LogP contribution >= 0.6 is 11.6 Å². The van der Waals surface area contributed by atoms with Gasteiger partial charge < -0.3 is 15.4 Å². The van der Waals surface area contributed by atoms with E-state index >= 15 is 0 Å². The van der Waals surface area contributed by atoms with E-state index in [0.29, 0.717) is 5.02 Å². The van der Waals surface area contributed by atoms with Crippen molar-refractivity contribution in [3.05, 3.63) is 46.6 Å². The average Bonchev–Trinajstić information content (AvgIpc) is 2.53. The van der Waals surface area contributed by atoms with Gasteiger partial charge in [-0.25, -0.2) is 0 Å². The first-order chi connectivity index (χ1) is 10.6. The Morgan fingerprint density at radius 2 is 2.14 bits per heavy atom. The Kier molecular flexibility index (Phi) is 7.51. The number of benzene rings is 1. The minimum absolute atomic E-state index is 0.0862. The zero-order valence-corrected chi connectivity index (χ0v) is 12.8. The molecule has 0 aliphatic carbocycles. The van der Waals surface area contributed by atoms with Crippen molar-refractivity contribution in [3.8, 4) is 6.07 Å². The molecule has 0 aliphatic rings. The second-order valence-corrected chi connectivity index (χ2v) is 4.63. The molecule has 1 rings (SSSR count). The van der Waals surface area contributed by atoms with Crippen molar-refractivity contribution in [2.24, 2.45) is 0 Å². The maximum Gasteiger partial charge on any atom is 0.307 e. The molecular weight excluding hydrogens is 306 g/mol. The molecule has 116 valence electrons. The van der Waals surface area contributed by atoms with Crippen molar-refractivity contribution in [1.82, 2.24) is 10.6 Å². The van der Waals surface area contributed by atoms with E-state index in [1.807, 2.05) is 6.07 Å². The van der Waals surface area contributed by atoms with Crippen molar-refractivity contribution >= 4 is 23.5 Å². The van der Waals surface area contributed by atoms with Crippen LogP contribution in [-0.4, -0.2) is 25.5 Å². The summed E-state index contributed by atoms with van der Waals surface area (Å²) in [7, 11) is 1.29. The lowest BCUT2D eigenvalue weighted by Gasteiger charge is -2.06. The number of hydrogen-bond donors (Lipinski definition) is 2. The summed E-state index contributed by atoms with van der Waals surface area (Å²) in [6.45, 7) is 0.495. The highest BCUT2D eigenvalue weighted by molar-refractivity contribution is 6.31. The lowest BCUT2D eigenvalue weighted by atomic mass is 10.2. The summed E-state index contributed by atoms with van der Waals surface area (Å²) in [5.74, 6) is -0.893. The summed E-state index contributed by atoms with van der Waals surface area (Å²) >= 11 is 5.98. The molecular formula is C15H16ClN3O3. The molecule has 7 heteroatoms. The number of ether oxygens (including phenoxy) is 1. The van der Waals surface area contributed by atoms with Gasteiger partial charge in [0.15, 0.2) is 0 Å². The number of methoxy groups -OCH3 is 1. The molecule has 0 aliphatic heterocycles. The predicted molar refractivity (Wildman–Crippen MR) is 81.6 cm³/mol. The second kappa shape index (κ2) is 9.42. The number of carbonyl (C=O) groups is 2. The van der Waals surface area contributed by atoms with Crippen LogP contribution in [0.3, 0.4) is 0 Å². The zero-order valence-electron chi connectivity index (χ0n) is 12.1. The fraction of sp³-hybridized carbons (Fsp3) is 0.267. The van der Waals surface area contributed by atoms with Gasteiger partial charge in [0.1, 0.15) is 11.6 Å². The van der Waals surface area contributed by atoms with Gasteiger partial charge >= 0.3 is 5.97 Å². The molecule has 0 atom stereocenters. The average molecular weight is 322 g/mol. The molecule has 0 fully saturated rings. The van der Waals surface area contributed by atoms with Gasteiger partial charge in [-0.2, -0.15) is 5.26 Å². The van der Waals surface area contributed by atoms with Crippen LogP contribution in [0.15, 0.2) is 36.0 Å². The van der Waals surface area contributed by atoms with Crippen molar-refractivity contribution < 1.29 is 14.3 Å². The monoisotopic (exact) mass is 321 g/mol. The Bertz CT molecular complexity index is 608. The number of carbonyl (C=O) groups excluding carboxylic acids is 2. The highest BCUT2D eigenvalue weighted by Gasteiger charge is 2.09. The van der Waals surface area contributed by atoms with Crippen LogP contribution in [0.25, 0.3) is 0 Å². The molecule has 0 unspecified atom stereocenters. The standard InChI is InChI=1S/C15H16ClN3O3/c1-22-14(20)6-7-18-9-12(8-17)15(21)19-10-11-4-2-3-5-13(11)16/h2-5,9,18H,6-7,10H2,1H3,(H,19,21)/b12-9-. The highest BCUT2D eigenvalue weighted by Crippen LogP contribution is 2.14. The lowest BCUT2D eigenvalue weighted by molar-refractivity contribution is -0.140. The van der Waals surface area contributed by atoms with Crippen LogP contribution in [0.5, 0.6) is 0 Å². The maximum absolute atomic E-state index is 11.9. The fourth-order valence-corrected chi connectivity index (χ4v) is 1.71. The summed E-state index contributed by atoms with van der Waals surface area (Å²) in [5.41, 5.74) is 0.672. The van der Waals surface area contributed by atoms with Gasteiger partial charge in [-0.15, -0.1) is 0 Å². The molecule has 1 aromatic carbocycles. The minimum Gasteiger partial charge on any atom is -0.469 e. The Balaban J connectivity index is 2.49. The Hall–Kier alpha value is -2.52. The summed E-state index contributed by atoms with van der Waals surface area (Å²) in [4.78, 5) is 22.8. The largest absolute Gasteiger partial charge is 0.469 e. The van der Waals surface area contributed by atoms with E-state index in [2.05, 4.69) is 15.4 Å². The predicted octanol–water partition coefficient (Wildman–Crippen LogP) is 1.52. The number of nitrogens with one attached hydrogen (secondary N) is 2. The van der Waals surface area contributed by atoms with Gasteiger partial charge in [0.05, 0.1) is 13.5 Å². The van der Waals surface area contributed by atoms with E-state index in [0.717, 1.165) is 5.56 Å². The maximum atomic E-state index is 11.9. The van der Waals surface area contributed by atoms with Gasteiger partial charge in [0.2, 0.25) is 0 Å². The third kappa shape index (κ3) is 5.85. The first-order valence-electron chi connectivity index (χ1n) is 6.50. The van der Waals surface area contributed by atoms with E-state index in [-0.39, 0.29) is 31.1 Å². The van der Waals surface area contributed by atoms with Gasteiger partial charge in [0, 0.05) is 24.3 Å². The Morgan fingerprint density at radius 3 is 2.77 bits per heavy atom. The second-order valence-electron chi connectivity index (χ2n) is 4.22. The number of nitriles is 1. The molecule has 1 amide bonds. The molecule has 22 heavy (non-hydrogen) atoms. The van der Waals surface area contributed by atoms with Gasteiger partial charge in [-0.1, -0.05) is 29.8 Å². The van der Waals surface area contributed by atoms with E-state index < -0.39 is 5.91 Å². The Morgan fingerprint density at radius 1 is 1.41 bits per heavy atom. The smallest absolute Gasteiger partial charge is 0.307 e. The van der Waals surface area contributed by atoms with E-state index in [1.165, 1.54) is 13.3 Å². The zero-order chi connectivity index (χ0) is 16.4. The van der Waals surface area contributed by atoms with Gasteiger partial charge in [-0.3, -0.25) is 9.59 Å². The van der Waals surface area contributed by atoms with Crippen molar-refractivity contribution in [2.45, 2.75) is 13.0 Å². The number of rotatable bonds is 7. The van der Waals surface area contributed by atoms with Crippen LogP contribution in [-0.2, 0) is 20.9 Å². The van der Waals surface area contributed by atoms with Crippen LogP contribution in [0.4, 0.5) is 0 Å². The van der Waals surface area contributed by atoms with Crippen LogP contribution in [0.2, 0.25) is 5.02 Å². The van der Waals surface area contributed by atoms with Crippen molar-refractivity contribution in [3.63, 3.8) is 0 Å². The summed E-state index contributed by atoms with van der Waals surface area (Å²) in [6, 6.07) is 8.90. The normalized spacial score (nSPS) is 10.5. The Labute approximate surface area is 133 Å². The van der Waals surface area contributed by atoms with E-state index in [1.54, 1.807) is 24.3 Å². The lowest BCUT2D eigenvalue weighted by Crippen LogP contribution is -2.25. The quantitative estimate of drug-likeness (QED) is 0.344. The van der Waals surface area contributed by atoms with Crippen LogP contribution in [0, 0.1) is 11.3 Å². The third-order valence-corrected chi connectivity index (χ3v) is 3.08. The van der Waals surface area contributed by atoms with Crippen molar-refractivity contribution in [1.29, 1.82) is 5.26 Å². The molecule has 0 aromatic heterocycles. The molecule has 0 bridgehead atoms. The van der Waals surface area contributed by atoms with Gasteiger partial charge in [-0.05, 0) is 11.6 Å². The number of nitrogens with zero attached hydrogens (tertiary/aromatic N) is 1. The number of hydrogen-bond acceptors (Lipinski definition) is 5. The molecule has 6 nitrogen and oxygen atoms in total. The summed E-state index contributed by atoms with van der Waals surface area (Å²) in [6.07, 6.45) is 1.41. The molecule has 0 spiro atoms. The molecule has 0 heterocycles. The van der Waals surface area contributed by atoms with Gasteiger partial charge in [0.25, 0.3) is 5.91 Å². The summed E-state index contributed by atoms with van der Waals surface area (Å²) < 4.78 is 4.47. The third-order valence-electron chi connectivity index (χ3n) is 2.71. The summed E-state index contributed by atoms with van der Waals surface area (Å²) in [5, 5.41) is 14.8. The van der Waals surface area contributed by atoms with Crippen molar-refractivity contribution in [2.75, 3.05) is 13.7 Å². The number of halogens is 1. The molecule has 0 saturated heterocycles. The first-order valence-corrected chi connectivity index (χ1v) is 6.88. The molecule has 0 radical (unpaired) electrons. The number of amides is 1. The highest BCUT2D eigenvalue weighted by atomic mass is 35.5. The molecule has 1 aromatic rings. The topological polar surface area (TPSA) is 91.2 Å². The van der Waals surface area contributed by atoms with E-state index in [9.17, 15) is 9.59 Å². The first kappa shape index (κ1) is 17.5. The number of esters is 1. The fourth-order valence-electron chi connectivity index (χ4n) is 1.51. The molecule has 2 N–H and O–H groups in total. The van der Waals surface area contributed by atoms with Crippen LogP contribution in [0.1, 0.15) is 12.0 Å². The van der Waals surface area contributed by atoms with E-state index in [4.69, 9.17) is 16.9 Å². The molecule has 0 saturated carbocycles. The minimum atomic E-state index is -0.520. The SMILES string of the molecule is COC(=O)CCN/C=C(/C#N)C(=O)NCc1ccccc1Cl. The van der Waals surface area contributed by atoms with Crippen LogP contribution < -0.4 is 10.6 Å².